The molecular formula is C12H13ClN2O. The Morgan fingerprint density at radius 1 is 1.44 bits per heavy atom. The summed E-state index contributed by atoms with van der Waals surface area (Å²) in [5.41, 5.74) is 2.53. The normalized spacial score (nSPS) is 10.7. The Labute approximate surface area is 98.8 Å². The number of aromatic amines is 1. The molecule has 0 aliphatic heterocycles. The van der Waals surface area contributed by atoms with E-state index in [-0.39, 0.29) is 5.91 Å². The monoisotopic (exact) mass is 236 g/mol. The third-order valence-electron chi connectivity index (χ3n) is 2.49. The average molecular weight is 237 g/mol. The van der Waals surface area contributed by atoms with Crippen LogP contribution in [0.25, 0.3) is 10.9 Å². The molecule has 16 heavy (non-hydrogen) atoms. The quantitative estimate of drug-likeness (QED) is 0.828. The summed E-state index contributed by atoms with van der Waals surface area (Å²) in [5, 5.41) is 4.46. The Kier molecular flexibility index (Phi) is 2.88. The van der Waals surface area contributed by atoms with Crippen molar-refractivity contribution in [3.63, 3.8) is 0 Å². The van der Waals surface area contributed by atoms with Gasteiger partial charge in [-0.15, -0.1) is 0 Å². The lowest BCUT2D eigenvalue weighted by molar-refractivity contribution is 0.0951. The minimum atomic E-state index is -0.0887. The second kappa shape index (κ2) is 4.18. The summed E-state index contributed by atoms with van der Waals surface area (Å²) >= 11 is 5.95. The lowest BCUT2D eigenvalue weighted by Gasteiger charge is -1.97. The van der Waals surface area contributed by atoms with Crippen LogP contribution in [0, 0.1) is 6.92 Å². The maximum Gasteiger partial charge on any atom is 0.267 e. The van der Waals surface area contributed by atoms with E-state index in [1.165, 1.54) is 0 Å². The van der Waals surface area contributed by atoms with Crippen LogP contribution in [0.3, 0.4) is 0 Å². The van der Waals surface area contributed by atoms with Gasteiger partial charge in [0.1, 0.15) is 5.69 Å². The smallest absolute Gasteiger partial charge is 0.267 e. The third-order valence-corrected chi connectivity index (χ3v) is 2.71. The summed E-state index contributed by atoms with van der Waals surface area (Å²) < 4.78 is 0. The maximum absolute atomic E-state index is 11.6. The molecule has 84 valence electrons. The molecule has 0 unspecified atom stereocenters. The molecule has 0 spiro atoms. The third kappa shape index (κ3) is 1.91. The van der Waals surface area contributed by atoms with Crippen molar-refractivity contribution in [1.29, 1.82) is 0 Å². The molecule has 0 radical (unpaired) electrons. The topological polar surface area (TPSA) is 44.9 Å². The van der Waals surface area contributed by atoms with Crippen molar-refractivity contribution in [3.05, 3.63) is 34.5 Å². The Balaban J connectivity index is 2.51. The van der Waals surface area contributed by atoms with Crippen LogP contribution >= 0.6 is 11.6 Å². The molecule has 2 aromatic rings. The summed E-state index contributed by atoms with van der Waals surface area (Å²) in [6.07, 6.45) is 0. The van der Waals surface area contributed by atoms with E-state index in [2.05, 4.69) is 10.3 Å². The number of aryl methyl sites for hydroxylation is 1. The van der Waals surface area contributed by atoms with Gasteiger partial charge in [0, 0.05) is 22.5 Å². The van der Waals surface area contributed by atoms with Gasteiger partial charge in [-0.3, -0.25) is 4.79 Å². The Morgan fingerprint density at radius 2 is 2.19 bits per heavy atom. The molecule has 0 aliphatic carbocycles. The highest BCUT2D eigenvalue weighted by Crippen LogP contribution is 2.24. The summed E-state index contributed by atoms with van der Waals surface area (Å²) in [4.78, 5) is 14.7. The first kappa shape index (κ1) is 11.0. The molecule has 0 fully saturated rings. The molecule has 1 heterocycles. The minimum absolute atomic E-state index is 0.0887. The van der Waals surface area contributed by atoms with Gasteiger partial charge in [-0.25, -0.2) is 0 Å². The van der Waals surface area contributed by atoms with Crippen LogP contribution in [-0.4, -0.2) is 17.4 Å². The van der Waals surface area contributed by atoms with Gasteiger partial charge in [0.2, 0.25) is 0 Å². The zero-order valence-corrected chi connectivity index (χ0v) is 9.98. The highest BCUT2D eigenvalue weighted by atomic mass is 35.5. The standard InChI is InChI=1S/C12H13ClN2O/c1-3-14-12(16)11-6-9-7(2)4-8(13)5-10(9)15-11/h4-6,15H,3H2,1-2H3,(H,14,16). The van der Waals surface area contributed by atoms with E-state index in [1.807, 2.05) is 32.0 Å². The number of carbonyl (C=O) groups excluding carboxylic acids is 1. The lowest BCUT2D eigenvalue weighted by atomic mass is 10.1. The molecule has 2 N–H and O–H groups in total. The highest BCUT2D eigenvalue weighted by Gasteiger charge is 2.10. The van der Waals surface area contributed by atoms with Crippen molar-refractivity contribution in [2.45, 2.75) is 13.8 Å². The zero-order chi connectivity index (χ0) is 11.7. The fourth-order valence-corrected chi connectivity index (χ4v) is 2.03. The van der Waals surface area contributed by atoms with E-state index in [4.69, 9.17) is 11.6 Å². The van der Waals surface area contributed by atoms with Gasteiger partial charge in [-0.05, 0) is 37.6 Å². The van der Waals surface area contributed by atoms with Gasteiger partial charge in [0.05, 0.1) is 0 Å². The van der Waals surface area contributed by atoms with E-state index >= 15 is 0 Å². The Morgan fingerprint density at radius 3 is 2.88 bits per heavy atom. The van der Waals surface area contributed by atoms with Gasteiger partial charge >= 0.3 is 0 Å². The number of nitrogens with one attached hydrogen (secondary N) is 2. The molecule has 3 nitrogen and oxygen atoms in total. The van der Waals surface area contributed by atoms with Gasteiger partial charge < -0.3 is 10.3 Å². The van der Waals surface area contributed by atoms with Crippen molar-refractivity contribution < 1.29 is 4.79 Å². The first-order valence-corrected chi connectivity index (χ1v) is 5.56. The average Bonchev–Trinajstić information content (AvgIpc) is 2.62. The van der Waals surface area contributed by atoms with E-state index < -0.39 is 0 Å². The van der Waals surface area contributed by atoms with Crippen LogP contribution in [0.5, 0.6) is 0 Å². The van der Waals surface area contributed by atoms with Crippen LogP contribution in [0.15, 0.2) is 18.2 Å². The van der Waals surface area contributed by atoms with E-state index in [0.29, 0.717) is 17.3 Å². The number of hydrogen-bond donors (Lipinski definition) is 2. The molecule has 4 heteroatoms. The molecule has 0 atom stereocenters. The molecular weight excluding hydrogens is 224 g/mol. The van der Waals surface area contributed by atoms with Crippen molar-refractivity contribution in [3.8, 4) is 0 Å². The van der Waals surface area contributed by atoms with Crippen LogP contribution < -0.4 is 5.32 Å². The molecule has 0 saturated heterocycles. The SMILES string of the molecule is CCNC(=O)c1cc2c(C)cc(Cl)cc2[nH]1. The van der Waals surface area contributed by atoms with Crippen molar-refractivity contribution >= 4 is 28.4 Å². The largest absolute Gasteiger partial charge is 0.351 e. The number of hydrogen-bond acceptors (Lipinski definition) is 1. The van der Waals surface area contributed by atoms with Gasteiger partial charge in [0.25, 0.3) is 5.91 Å². The molecule has 1 aromatic heterocycles. The number of halogens is 1. The number of aromatic nitrogens is 1. The molecule has 0 bridgehead atoms. The first-order valence-electron chi connectivity index (χ1n) is 5.19. The summed E-state index contributed by atoms with van der Waals surface area (Å²) in [5.74, 6) is -0.0887. The highest BCUT2D eigenvalue weighted by molar-refractivity contribution is 6.31. The van der Waals surface area contributed by atoms with Gasteiger partial charge in [-0.1, -0.05) is 11.6 Å². The van der Waals surface area contributed by atoms with Crippen molar-refractivity contribution in [2.24, 2.45) is 0 Å². The Bertz CT molecular complexity index is 545. The fourth-order valence-electron chi connectivity index (χ4n) is 1.75. The number of carbonyl (C=O) groups is 1. The number of rotatable bonds is 2. The second-order valence-electron chi connectivity index (χ2n) is 3.73. The lowest BCUT2D eigenvalue weighted by Crippen LogP contribution is -2.22. The van der Waals surface area contributed by atoms with Crippen molar-refractivity contribution in [2.75, 3.05) is 6.54 Å². The van der Waals surface area contributed by atoms with Crippen LogP contribution in [-0.2, 0) is 0 Å². The molecule has 1 aromatic carbocycles. The number of amides is 1. The number of fused-ring (bicyclic) bond motifs is 1. The number of benzene rings is 1. The predicted octanol–water partition coefficient (Wildman–Crippen LogP) is 2.88. The first-order chi connectivity index (χ1) is 7.61. The fraction of sp³-hybridized carbons (Fsp3) is 0.250. The summed E-state index contributed by atoms with van der Waals surface area (Å²) in [6.45, 7) is 4.49. The van der Waals surface area contributed by atoms with Gasteiger partial charge in [-0.2, -0.15) is 0 Å². The van der Waals surface area contributed by atoms with E-state index in [0.717, 1.165) is 16.5 Å². The molecule has 0 saturated carbocycles. The molecule has 0 aliphatic rings. The van der Waals surface area contributed by atoms with Crippen LogP contribution in [0.2, 0.25) is 5.02 Å². The van der Waals surface area contributed by atoms with Gasteiger partial charge in [0.15, 0.2) is 0 Å². The zero-order valence-electron chi connectivity index (χ0n) is 9.23. The second-order valence-corrected chi connectivity index (χ2v) is 4.16. The van der Waals surface area contributed by atoms with E-state index in [1.54, 1.807) is 0 Å². The predicted molar refractivity (Wildman–Crippen MR) is 66.1 cm³/mol. The minimum Gasteiger partial charge on any atom is -0.351 e. The molecule has 1 amide bonds. The summed E-state index contributed by atoms with van der Waals surface area (Å²) in [6, 6.07) is 5.57. The Hall–Kier alpha value is -1.48. The molecule has 2 rings (SSSR count). The summed E-state index contributed by atoms with van der Waals surface area (Å²) in [7, 11) is 0. The van der Waals surface area contributed by atoms with Crippen LogP contribution in [0.4, 0.5) is 0 Å². The number of H-pyrrole nitrogens is 1. The van der Waals surface area contributed by atoms with Crippen LogP contribution in [0.1, 0.15) is 23.0 Å². The van der Waals surface area contributed by atoms with Crippen molar-refractivity contribution in [1.82, 2.24) is 10.3 Å². The van der Waals surface area contributed by atoms with E-state index in [9.17, 15) is 4.79 Å². The maximum atomic E-state index is 11.6.